The topological polar surface area (TPSA) is 67.1 Å². The van der Waals surface area contributed by atoms with Crippen LogP contribution in [0.2, 0.25) is 0 Å². The minimum atomic E-state index is 0.139. The number of nitrogens with one attached hydrogen (secondary N) is 2. The van der Waals surface area contributed by atoms with Crippen molar-refractivity contribution in [3.05, 3.63) is 0 Å². The van der Waals surface area contributed by atoms with Gasteiger partial charge in [0.1, 0.15) is 0 Å². The van der Waals surface area contributed by atoms with Crippen LogP contribution in [0.15, 0.2) is 0 Å². The van der Waals surface area contributed by atoms with Crippen molar-refractivity contribution in [1.29, 1.82) is 0 Å². The van der Waals surface area contributed by atoms with Crippen molar-refractivity contribution in [1.82, 2.24) is 10.6 Å². The maximum Gasteiger partial charge on any atom is 0.220 e. The van der Waals surface area contributed by atoms with Gasteiger partial charge in [-0.15, -0.1) is 0 Å². The van der Waals surface area contributed by atoms with Crippen LogP contribution < -0.4 is 16.4 Å². The molecule has 4 N–H and O–H groups in total. The third-order valence-corrected chi connectivity index (χ3v) is 2.94. The van der Waals surface area contributed by atoms with Gasteiger partial charge in [0.25, 0.3) is 0 Å². The van der Waals surface area contributed by atoms with E-state index in [2.05, 4.69) is 17.6 Å². The Morgan fingerprint density at radius 3 is 2.71 bits per heavy atom. The van der Waals surface area contributed by atoms with Crippen LogP contribution in [0.1, 0.15) is 33.6 Å². The number of hydrogen-bond acceptors (Lipinski definition) is 3. The number of nitrogens with two attached hydrogens (primary N) is 1. The Labute approximate surface area is 85.6 Å². The zero-order chi connectivity index (χ0) is 10.7. The summed E-state index contributed by atoms with van der Waals surface area (Å²) in [5.41, 5.74) is 5.78. The lowest BCUT2D eigenvalue weighted by molar-refractivity contribution is -0.123. The van der Waals surface area contributed by atoms with Gasteiger partial charge in [0.2, 0.25) is 5.91 Å². The summed E-state index contributed by atoms with van der Waals surface area (Å²) < 4.78 is 0. The molecule has 0 saturated carbocycles. The van der Waals surface area contributed by atoms with Gasteiger partial charge in [-0.3, -0.25) is 4.79 Å². The molecule has 1 saturated heterocycles. The predicted octanol–water partition coefficient (Wildman–Crippen LogP) is -0.0212. The highest BCUT2D eigenvalue weighted by Gasteiger charge is 2.26. The first-order chi connectivity index (χ1) is 6.50. The van der Waals surface area contributed by atoms with E-state index < -0.39 is 0 Å². The molecule has 4 nitrogen and oxygen atoms in total. The number of carbonyl (C=O) groups is 1. The number of piperidine rings is 1. The van der Waals surface area contributed by atoms with Crippen molar-refractivity contribution in [2.45, 2.75) is 57.8 Å². The van der Waals surface area contributed by atoms with Gasteiger partial charge in [-0.25, -0.2) is 0 Å². The third-order valence-electron chi connectivity index (χ3n) is 2.94. The summed E-state index contributed by atoms with van der Waals surface area (Å²) in [4.78, 5) is 11.1. The van der Waals surface area contributed by atoms with Crippen LogP contribution >= 0.6 is 0 Å². The molecule has 0 spiro atoms. The SMILES string of the molecule is CC(N)C(C)NC1CCC(=O)NC1C. The van der Waals surface area contributed by atoms with Crippen LogP contribution in [0.4, 0.5) is 0 Å². The molecule has 0 aromatic rings. The first-order valence-corrected chi connectivity index (χ1v) is 5.31. The van der Waals surface area contributed by atoms with Crippen LogP contribution in [0.25, 0.3) is 0 Å². The molecular weight excluding hydrogens is 178 g/mol. The zero-order valence-corrected chi connectivity index (χ0v) is 9.21. The zero-order valence-electron chi connectivity index (χ0n) is 9.21. The summed E-state index contributed by atoms with van der Waals surface area (Å²) in [5.74, 6) is 0.156. The molecule has 0 aromatic carbocycles. The normalized spacial score (nSPS) is 32.1. The minimum Gasteiger partial charge on any atom is -0.352 e. The van der Waals surface area contributed by atoms with E-state index in [4.69, 9.17) is 5.73 Å². The van der Waals surface area contributed by atoms with E-state index in [0.29, 0.717) is 12.5 Å². The summed E-state index contributed by atoms with van der Waals surface area (Å²) in [6.07, 6.45) is 1.53. The molecule has 1 aliphatic rings. The second-order valence-electron chi connectivity index (χ2n) is 4.32. The highest BCUT2D eigenvalue weighted by atomic mass is 16.1. The van der Waals surface area contributed by atoms with E-state index in [1.807, 2.05) is 13.8 Å². The van der Waals surface area contributed by atoms with Gasteiger partial charge >= 0.3 is 0 Å². The Kier molecular flexibility index (Phi) is 3.89. The molecule has 1 heterocycles. The standard InChI is InChI=1S/C10H21N3O/c1-6(11)7(2)12-9-4-5-10(14)13-8(9)3/h6-9,12H,4-5,11H2,1-3H3,(H,13,14). The van der Waals surface area contributed by atoms with Gasteiger partial charge in [0.05, 0.1) is 0 Å². The lowest BCUT2D eigenvalue weighted by Crippen LogP contribution is -2.57. The van der Waals surface area contributed by atoms with Crippen molar-refractivity contribution >= 4 is 5.91 Å². The van der Waals surface area contributed by atoms with Crippen molar-refractivity contribution in [3.63, 3.8) is 0 Å². The van der Waals surface area contributed by atoms with Crippen molar-refractivity contribution in [2.24, 2.45) is 5.73 Å². The maximum atomic E-state index is 11.1. The molecular formula is C10H21N3O. The molecule has 82 valence electrons. The van der Waals surface area contributed by atoms with E-state index >= 15 is 0 Å². The molecule has 4 atom stereocenters. The Hall–Kier alpha value is -0.610. The fraction of sp³-hybridized carbons (Fsp3) is 0.900. The van der Waals surface area contributed by atoms with E-state index in [-0.39, 0.29) is 24.0 Å². The molecule has 1 aliphatic heterocycles. The van der Waals surface area contributed by atoms with E-state index in [0.717, 1.165) is 6.42 Å². The average Bonchev–Trinajstić information content (AvgIpc) is 2.09. The molecule has 0 bridgehead atoms. The average molecular weight is 199 g/mol. The first kappa shape index (κ1) is 11.5. The fourth-order valence-electron chi connectivity index (χ4n) is 1.68. The largest absolute Gasteiger partial charge is 0.352 e. The van der Waals surface area contributed by atoms with Crippen LogP contribution in [0, 0.1) is 0 Å². The first-order valence-electron chi connectivity index (χ1n) is 5.31. The highest BCUT2D eigenvalue weighted by Crippen LogP contribution is 2.10. The molecule has 4 unspecified atom stereocenters. The van der Waals surface area contributed by atoms with Gasteiger partial charge in [0, 0.05) is 30.6 Å². The Balaban J connectivity index is 2.41. The molecule has 0 radical (unpaired) electrons. The van der Waals surface area contributed by atoms with Crippen molar-refractivity contribution < 1.29 is 4.79 Å². The van der Waals surface area contributed by atoms with Crippen LogP contribution in [-0.4, -0.2) is 30.1 Å². The number of carbonyl (C=O) groups excluding carboxylic acids is 1. The molecule has 0 aliphatic carbocycles. The molecule has 4 heteroatoms. The van der Waals surface area contributed by atoms with Crippen LogP contribution in [-0.2, 0) is 4.79 Å². The van der Waals surface area contributed by atoms with Gasteiger partial charge in [-0.2, -0.15) is 0 Å². The van der Waals surface area contributed by atoms with Gasteiger partial charge in [-0.1, -0.05) is 0 Å². The molecule has 1 fully saturated rings. The lowest BCUT2D eigenvalue weighted by Gasteiger charge is -2.33. The van der Waals surface area contributed by atoms with Gasteiger partial charge in [-0.05, 0) is 27.2 Å². The quantitative estimate of drug-likeness (QED) is 0.598. The Bertz CT molecular complexity index is 206. The summed E-state index contributed by atoms with van der Waals surface area (Å²) in [6.45, 7) is 6.10. The molecule has 14 heavy (non-hydrogen) atoms. The molecule has 1 amide bonds. The van der Waals surface area contributed by atoms with Crippen molar-refractivity contribution in [3.8, 4) is 0 Å². The maximum absolute atomic E-state index is 11.1. The van der Waals surface area contributed by atoms with Crippen molar-refractivity contribution in [2.75, 3.05) is 0 Å². The monoisotopic (exact) mass is 199 g/mol. The minimum absolute atomic E-state index is 0.139. The number of rotatable bonds is 3. The Morgan fingerprint density at radius 2 is 2.21 bits per heavy atom. The van der Waals surface area contributed by atoms with Crippen LogP contribution in [0.5, 0.6) is 0 Å². The summed E-state index contributed by atoms with van der Waals surface area (Å²) >= 11 is 0. The predicted molar refractivity (Wildman–Crippen MR) is 56.9 cm³/mol. The summed E-state index contributed by atoms with van der Waals surface area (Å²) in [5, 5.41) is 6.38. The third kappa shape index (κ3) is 2.96. The van der Waals surface area contributed by atoms with Gasteiger partial charge < -0.3 is 16.4 Å². The van der Waals surface area contributed by atoms with Gasteiger partial charge in [0.15, 0.2) is 0 Å². The molecule has 1 rings (SSSR count). The van der Waals surface area contributed by atoms with E-state index in [1.54, 1.807) is 0 Å². The second-order valence-corrected chi connectivity index (χ2v) is 4.32. The fourth-order valence-corrected chi connectivity index (χ4v) is 1.68. The highest BCUT2D eigenvalue weighted by molar-refractivity contribution is 5.77. The van der Waals surface area contributed by atoms with E-state index in [1.165, 1.54) is 0 Å². The van der Waals surface area contributed by atoms with Crippen LogP contribution in [0.3, 0.4) is 0 Å². The number of amides is 1. The smallest absolute Gasteiger partial charge is 0.220 e. The number of hydrogen-bond donors (Lipinski definition) is 3. The second kappa shape index (κ2) is 4.75. The summed E-state index contributed by atoms with van der Waals surface area (Å²) in [7, 11) is 0. The lowest BCUT2D eigenvalue weighted by atomic mass is 9.98. The summed E-state index contributed by atoms with van der Waals surface area (Å²) in [6, 6.07) is 0.989. The van der Waals surface area contributed by atoms with E-state index in [9.17, 15) is 4.79 Å². The molecule has 0 aromatic heterocycles. The Morgan fingerprint density at radius 1 is 1.57 bits per heavy atom.